The zero-order valence-corrected chi connectivity index (χ0v) is 17.4. The maximum atomic E-state index is 12.8. The number of aryl methyl sites for hydroxylation is 1. The fourth-order valence-corrected chi connectivity index (χ4v) is 2.74. The average molecular weight is 422 g/mol. The van der Waals surface area contributed by atoms with E-state index in [9.17, 15) is 19.2 Å². The summed E-state index contributed by atoms with van der Waals surface area (Å²) in [4.78, 5) is 52.7. The summed E-state index contributed by atoms with van der Waals surface area (Å²) < 4.78 is 12.7. The Morgan fingerprint density at radius 3 is 2.60 bits per heavy atom. The van der Waals surface area contributed by atoms with Crippen LogP contribution in [0.3, 0.4) is 0 Å². The molecule has 0 aromatic carbocycles. The lowest BCUT2D eigenvalue weighted by molar-refractivity contribution is -0.121. The third kappa shape index (κ3) is 5.35. The van der Waals surface area contributed by atoms with Crippen LogP contribution in [0.1, 0.15) is 24.2 Å². The van der Waals surface area contributed by atoms with Crippen LogP contribution in [-0.4, -0.2) is 58.1 Å². The molecule has 1 amide bonds. The standard InChI is InChI=1S/C18H26N6O6/c1-11(2)8-24-15(19)14(16(26)21-18(24)28)23(5-6-29-4)13(25)10-30-17(27)12-7-20-22(3)9-12/h7,9,11H,5-6,8,10,19H2,1-4H3,(H,21,26,28). The molecule has 2 aromatic rings. The molecule has 164 valence electrons. The Labute approximate surface area is 172 Å². The van der Waals surface area contributed by atoms with E-state index in [0.29, 0.717) is 0 Å². The lowest BCUT2D eigenvalue weighted by Crippen LogP contribution is -2.44. The van der Waals surface area contributed by atoms with Crippen LogP contribution < -0.4 is 21.9 Å². The largest absolute Gasteiger partial charge is 0.452 e. The summed E-state index contributed by atoms with van der Waals surface area (Å²) >= 11 is 0. The first-order valence-electron chi connectivity index (χ1n) is 9.23. The van der Waals surface area contributed by atoms with Crippen LogP contribution in [0, 0.1) is 5.92 Å². The summed E-state index contributed by atoms with van der Waals surface area (Å²) in [5, 5.41) is 3.86. The topological polar surface area (TPSA) is 155 Å². The number of hydrogen-bond acceptors (Lipinski definition) is 8. The second-order valence-corrected chi connectivity index (χ2v) is 7.01. The van der Waals surface area contributed by atoms with Gasteiger partial charge in [0, 0.05) is 33.4 Å². The summed E-state index contributed by atoms with van der Waals surface area (Å²) in [6.45, 7) is 3.42. The summed E-state index contributed by atoms with van der Waals surface area (Å²) in [6, 6.07) is 0. The lowest BCUT2D eigenvalue weighted by Gasteiger charge is -2.24. The van der Waals surface area contributed by atoms with Gasteiger partial charge >= 0.3 is 11.7 Å². The second kappa shape index (κ2) is 9.87. The number of hydrogen-bond donors (Lipinski definition) is 2. The minimum Gasteiger partial charge on any atom is -0.452 e. The smallest absolute Gasteiger partial charge is 0.341 e. The van der Waals surface area contributed by atoms with Crippen LogP contribution in [0.5, 0.6) is 0 Å². The van der Waals surface area contributed by atoms with Gasteiger partial charge in [-0.2, -0.15) is 5.10 Å². The van der Waals surface area contributed by atoms with Crippen molar-refractivity contribution in [2.45, 2.75) is 20.4 Å². The molecule has 0 fully saturated rings. The first-order valence-corrected chi connectivity index (χ1v) is 9.23. The Hall–Kier alpha value is -3.41. The summed E-state index contributed by atoms with van der Waals surface area (Å²) in [6.07, 6.45) is 2.75. The number of nitrogens with two attached hydrogens (primary N) is 1. The SMILES string of the molecule is COCCN(C(=O)COC(=O)c1cnn(C)c1)c1c(N)n(CC(C)C)c(=O)[nH]c1=O. The molecular weight excluding hydrogens is 396 g/mol. The molecule has 12 heteroatoms. The summed E-state index contributed by atoms with van der Waals surface area (Å²) in [5.41, 5.74) is 4.57. The minimum atomic E-state index is -0.819. The number of aromatic nitrogens is 4. The average Bonchev–Trinajstić information content (AvgIpc) is 3.11. The van der Waals surface area contributed by atoms with E-state index in [1.807, 2.05) is 13.8 Å². The molecule has 0 aliphatic carbocycles. The quantitative estimate of drug-likeness (QED) is 0.505. The molecule has 0 saturated heterocycles. The summed E-state index contributed by atoms with van der Waals surface area (Å²) in [5.74, 6) is -1.53. The van der Waals surface area contributed by atoms with Gasteiger partial charge in [0.1, 0.15) is 5.82 Å². The summed E-state index contributed by atoms with van der Waals surface area (Å²) in [7, 11) is 3.06. The number of rotatable bonds is 9. The van der Waals surface area contributed by atoms with Crippen molar-refractivity contribution in [3.8, 4) is 0 Å². The van der Waals surface area contributed by atoms with Gasteiger partial charge in [0.15, 0.2) is 12.3 Å². The van der Waals surface area contributed by atoms with Gasteiger partial charge in [-0.15, -0.1) is 0 Å². The predicted octanol–water partition coefficient (Wildman–Crippen LogP) is -0.655. The van der Waals surface area contributed by atoms with Crippen molar-refractivity contribution < 1.29 is 19.1 Å². The van der Waals surface area contributed by atoms with Crippen LogP contribution in [0.2, 0.25) is 0 Å². The molecule has 0 bridgehead atoms. The Morgan fingerprint density at radius 1 is 1.33 bits per heavy atom. The van der Waals surface area contributed by atoms with E-state index in [2.05, 4.69) is 10.1 Å². The molecular formula is C18H26N6O6. The number of anilines is 2. The maximum absolute atomic E-state index is 12.8. The van der Waals surface area contributed by atoms with E-state index in [1.165, 1.54) is 28.8 Å². The van der Waals surface area contributed by atoms with Gasteiger partial charge in [-0.05, 0) is 5.92 Å². The first kappa shape index (κ1) is 22.9. The van der Waals surface area contributed by atoms with Gasteiger partial charge in [-0.3, -0.25) is 28.7 Å². The number of aromatic amines is 1. The third-order valence-corrected chi connectivity index (χ3v) is 4.12. The Balaban J connectivity index is 2.32. The minimum absolute atomic E-state index is 0.0348. The third-order valence-electron chi connectivity index (χ3n) is 4.12. The number of esters is 1. The zero-order valence-electron chi connectivity index (χ0n) is 17.4. The molecule has 2 heterocycles. The van der Waals surface area contributed by atoms with Gasteiger partial charge in [-0.25, -0.2) is 9.59 Å². The van der Waals surface area contributed by atoms with Gasteiger partial charge in [0.05, 0.1) is 18.4 Å². The van der Waals surface area contributed by atoms with Crippen LogP contribution in [0.4, 0.5) is 11.5 Å². The van der Waals surface area contributed by atoms with Crippen molar-refractivity contribution in [2.75, 3.05) is 37.5 Å². The van der Waals surface area contributed by atoms with Gasteiger partial charge < -0.3 is 15.2 Å². The number of nitrogen functional groups attached to an aromatic ring is 1. The number of nitrogens with zero attached hydrogens (tertiary/aromatic N) is 4. The molecule has 0 atom stereocenters. The molecule has 0 unspecified atom stereocenters. The highest BCUT2D eigenvalue weighted by Crippen LogP contribution is 2.18. The van der Waals surface area contributed by atoms with Crippen LogP contribution in [0.25, 0.3) is 0 Å². The van der Waals surface area contributed by atoms with Crippen molar-refractivity contribution in [3.05, 3.63) is 38.8 Å². The zero-order chi connectivity index (χ0) is 22.4. The second-order valence-electron chi connectivity index (χ2n) is 7.01. The van der Waals surface area contributed by atoms with Crippen molar-refractivity contribution >= 4 is 23.4 Å². The number of carbonyl (C=O) groups is 2. The molecule has 2 rings (SSSR count). The van der Waals surface area contributed by atoms with Crippen molar-refractivity contribution in [1.82, 2.24) is 19.3 Å². The maximum Gasteiger partial charge on any atom is 0.341 e. The molecule has 0 aliphatic rings. The number of ether oxygens (including phenoxy) is 2. The molecule has 0 radical (unpaired) electrons. The monoisotopic (exact) mass is 422 g/mol. The molecule has 3 N–H and O–H groups in total. The molecule has 0 aliphatic heterocycles. The van der Waals surface area contributed by atoms with Gasteiger partial charge in [0.25, 0.3) is 11.5 Å². The number of H-pyrrole nitrogens is 1. The molecule has 0 spiro atoms. The van der Waals surface area contributed by atoms with E-state index in [1.54, 1.807) is 7.05 Å². The number of amides is 1. The van der Waals surface area contributed by atoms with E-state index in [0.717, 1.165) is 4.90 Å². The highest BCUT2D eigenvalue weighted by atomic mass is 16.5. The normalized spacial score (nSPS) is 11.0. The Kier molecular flexibility index (Phi) is 7.53. The van der Waals surface area contributed by atoms with E-state index in [-0.39, 0.29) is 42.7 Å². The predicted molar refractivity (Wildman–Crippen MR) is 108 cm³/mol. The Morgan fingerprint density at radius 2 is 2.03 bits per heavy atom. The van der Waals surface area contributed by atoms with Crippen molar-refractivity contribution in [1.29, 1.82) is 0 Å². The fraction of sp³-hybridized carbons (Fsp3) is 0.500. The van der Waals surface area contributed by atoms with Crippen LogP contribution in [-0.2, 0) is 27.9 Å². The van der Waals surface area contributed by atoms with Crippen LogP contribution in [0.15, 0.2) is 22.0 Å². The van der Waals surface area contributed by atoms with E-state index >= 15 is 0 Å². The number of methoxy groups -OCH3 is 1. The lowest BCUT2D eigenvalue weighted by atomic mass is 10.2. The Bertz CT molecular complexity index is 1020. The highest BCUT2D eigenvalue weighted by Gasteiger charge is 2.25. The molecule has 0 saturated carbocycles. The first-order chi connectivity index (χ1) is 14.1. The molecule has 2 aromatic heterocycles. The van der Waals surface area contributed by atoms with Crippen LogP contribution >= 0.6 is 0 Å². The van der Waals surface area contributed by atoms with Crippen molar-refractivity contribution in [2.24, 2.45) is 13.0 Å². The molecule has 30 heavy (non-hydrogen) atoms. The van der Waals surface area contributed by atoms with E-state index < -0.39 is 29.7 Å². The number of carbonyl (C=O) groups excluding carboxylic acids is 2. The molecule has 12 nitrogen and oxygen atoms in total. The van der Waals surface area contributed by atoms with Gasteiger partial charge in [0.2, 0.25) is 0 Å². The number of nitrogens with one attached hydrogen (secondary N) is 1. The van der Waals surface area contributed by atoms with Gasteiger partial charge in [-0.1, -0.05) is 13.8 Å². The van der Waals surface area contributed by atoms with E-state index in [4.69, 9.17) is 15.2 Å². The highest BCUT2D eigenvalue weighted by molar-refractivity contribution is 5.98. The fourth-order valence-electron chi connectivity index (χ4n) is 2.74. The van der Waals surface area contributed by atoms with Crippen molar-refractivity contribution in [3.63, 3.8) is 0 Å².